The number of rotatable bonds is 4. The van der Waals surface area contributed by atoms with Crippen LogP contribution < -0.4 is 10.6 Å². The first kappa shape index (κ1) is 12.1. The molecule has 1 aromatic heterocycles. The SMILES string of the molecule is CC(C)(C)NCC(=O)NCc1cscn1. The Bertz CT molecular complexity index is 303. The highest BCUT2D eigenvalue weighted by molar-refractivity contribution is 7.07. The van der Waals surface area contributed by atoms with E-state index in [2.05, 4.69) is 15.6 Å². The summed E-state index contributed by atoms with van der Waals surface area (Å²) < 4.78 is 0. The molecule has 0 saturated heterocycles. The monoisotopic (exact) mass is 227 g/mol. The summed E-state index contributed by atoms with van der Waals surface area (Å²) in [5.41, 5.74) is 2.64. The number of nitrogens with one attached hydrogen (secondary N) is 2. The number of carbonyl (C=O) groups is 1. The van der Waals surface area contributed by atoms with Gasteiger partial charge in [0.2, 0.25) is 5.91 Å². The number of hydrogen-bond donors (Lipinski definition) is 2. The normalized spacial score (nSPS) is 11.4. The second kappa shape index (κ2) is 5.23. The summed E-state index contributed by atoms with van der Waals surface area (Å²) in [4.78, 5) is 15.5. The van der Waals surface area contributed by atoms with Gasteiger partial charge in [-0.25, -0.2) is 4.98 Å². The van der Waals surface area contributed by atoms with E-state index in [9.17, 15) is 4.79 Å². The highest BCUT2D eigenvalue weighted by Gasteiger charge is 2.10. The lowest BCUT2D eigenvalue weighted by atomic mass is 10.1. The van der Waals surface area contributed by atoms with E-state index in [1.54, 1.807) is 5.51 Å². The van der Waals surface area contributed by atoms with Gasteiger partial charge in [0.05, 0.1) is 24.3 Å². The van der Waals surface area contributed by atoms with E-state index in [1.807, 2.05) is 26.2 Å². The molecule has 0 saturated carbocycles. The van der Waals surface area contributed by atoms with Gasteiger partial charge in [-0.15, -0.1) is 11.3 Å². The summed E-state index contributed by atoms with van der Waals surface area (Å²) >= 11 is 1.53. The second-order valence-corrected chi connectivity index (χ2v) is 5.08. The molecular weight excluding hydrogens is 210 g/mol. The van der Waals surface area contributed by atoms with Crippen LogP contribution in [0, 0.1) is 0 Å². The zero-order chi connectivity index (χ0) is 11.3. The Kier molecular flexibility index (Phi) is 4.23. The molecule has 1 rings (SSSR count). The van der Waals surface area contributed by atoms with E-state index >= 15 is 0 Å². The van der Waals surface area contributed by atoms with Crippen molar-refractivity contribution < 1.29 is 4.79 Å². The molecule has 0 aromatic carbocycles. The van der Waals surface area contributed by atoms with Crippen LogP contribution in [0.1, 0.15) is 26.5 Å². The fourth-order valence-corrected chi connectivity index (χ4v) is 1.48. The fraction of sp³-hybridized carbons (Fsp3) is 0.600. The van der Waals surface area contributed by atoms with Gasteiger partial charge in [0, 0.05) is 10.9 Å². The van der Waals surface area contributed by atoms with Crippen molar-refractivity contribution in [1.29, 1.82) is 0 Å². The highest BCUT2D eigenvalue weighted by atomic mass is 32.1. The van der Waals surface area contributed by atoms with E-state index in [0.29, 0.717) is 13.1 Å². The quantitative estimate of drug-likeness (QED) is 0.811. The Labute approximate surface area is 94.1 Å². The van der Waals surface area contributed by atoms with Gasteiger partial charge >= 0.3 is 0 Å². The van der Waals surface area contributed by atoms with Crippen LogP contribution in [0.4, 0.5) is 0 Å². The van der Waals surface area contributed by atoms with Gasteiger partial charge in [-0.3, -0.25) is 4.79 Å². The summed E-state index contributed by atoms with van der Waals surface area (Å²) in [6, 6.07) is 0. The van der Waals surface area contributed by atoms with Crippen LogP contribution in [0.15, 0.2) is 10.9 Å². The molecule has 0 aliphatic carbocycles. The summed E-state index contributed by atoms with van der Waals surface area (Å²) in [5.74, 6) is -0.00192. The summed E-state index contributed by atoms with van der Waals surface area (Å²) in [5, 5.41) is 7.85. The van der Waals surface area contributed by atoms with Crippen molar-refractivity contribution in [2.45, 2.75) is 32.9 Å². The Morgan fingerprint density at radius 3 is 2.80 bits per heavy atom. The van der Waals surface area contributed by atoms with Crippen molar-refractivity contribution >= 4 is 17.2 Å². The van der Waals surface area contributed by atoms with E-state index < -0.39 is 0 Å². The van der Waals surface area contributed by atoms with Gasteiger partial charge in [-0.2, -0.15) is 0 Å². The van der Waals surface area contributed by atoms with Gasteiger partial charge in [-0.1, -0.05) is 0 Å². The lowest BCUT2D eigenvalue weighted by Gasteiger charge is -2.19. The van der Waals surface area contributed by atoms with Crippen molar-refractivity contribution in [2.24, 2.45) is 0 Å². The molecule has 0 unspecified atom stereocenters. The minimum atomic E-state index is -0.0298. The smallest absolute Gasteiger partial charge is 0.234 e. The zero-order valence-electron chi connectivity index (χ0n) is 9.33. The van der Waals surface area contributed by atoms with Crippen LogP contribution >= 0.6 is 11.3 Å². The van der Waals surface area contributed by atoms with Crippen LogP contribution in [-0.2, 0) is 11.3 Å². The van der Waals surface area contributed by atoms with Crippen LogP contribution in [0.5, 0.6) is 0 Å². The predicted molar refractivity (Wildman–Crippen MR) is 61.7 cm³/mol. The first-order chi connectivity index (χ1) is 6.97. The molecule has 0 aliphatic heterocycles. The number of carbonyl (C=O) groups excluding carboxylic acids is 1. The van der Waals surface area contributed by atoms with E-state index in [1.165, 1.54) is 11.3 Å². The summed E-state index contributed by atoms with van der Waals surface area (Å²) in [6.07, 6.45) is 0. The van der Waals surface area contributed by atoms with E-state index in [0.717, 1.165) is 5.69 Å². The largest absolute Gasteiger partial charge is 0.349 e. The third-order valence-corrected chi connectivity index (χ3v) is 2.36. The van der Waals surface area contributed by atoms with Gasteiger partial charge in [0.25, 0.3) is 0 Å². The van der Waals surface area contributed by atoms with Crippen molar-refractivity contribution in [3.8, 4) is 0 Å². The Morgan fingerprint density at radius 2 is 2.27 bits per heavy atom. The van der Waals surface area contributed by atoms with Crippen molar-refractivity contribution in [2.75, 3.05) is 6.54 Å². The van der Waals surface area contributed by atoms with Gasteiger partial charge in [0.15, 0.2) is 0 Å². The van der Waals surface area contributed by atoms with Gasteiger partial charge < -0.3 is 10.6 Å². The molecule has 2 N–H and O–H groups in total. The molecule has 0 bridgehead atoms. The molecule has 84 valence electrons. The van der Waals surface area contributed by atoms with Gasteiger partial charge in [0.1, 0.15) is 0 Å². The topological polar surface area (TPSA) is 54.0 Å². The third kappa shape index (κ3) is 5.49. The van der Waals surface area contributed by atoms with E-state index in [4.69, 9.17) is 0 Å². The average Bonchev–Trinajstić information content (AvgIpc) is 2.62. The van der Waals surface area contributed by atoms with Crippen LogP contribution in [0.2, 0.25) is 0 Å². The number of aromatic nitrogens is 1. The maximum Gasteiger partial charge on any atom is 0.234 e. The first-order valence-electron chi connectivity index (χ1n) is 4.86. The molecule has 4 nitrogen and oxygen atoms in total. The van der Waals surface area contributed by atoms with E-state index in [-0.39, 0.29) is 11.4 Å². The Hall–Kier alpha value is -0.940. The fourth-order valence-electron chi connectivity index (χ4n) is 0.922. The molecule has 0 atom stereocenters. The minimum absolute atomic E-state index is 0.00192. The molecule has 15 heavy (non-hydrogen) atoms. The maximum atomic E-state index is 11.4. The maximum absolute atomic E-state index is 11.4. The van der Waals surface area contributed by atoms with Crippen molar-refractivity contribution in [3.05, 3.63) is 16.6 Å². The second-order valence-electron chi connectivity index (χ2n) is 4.36. The number of nitrogens with zero attached hydrogens (tertiary/aromatic N) is 1. The molecular formula is C10H17N3OS. The third-order valence-electron chi connectivity index (χ3n) is 1.73. The molecule has 0 radical (unpaired) electrons. The summed E-state index contributed by atoms with van der Waals surface area (Å²) in [6.45, 7) is 6.93. The number of hydrogen-bond acceptors (Lipinski definition) is 4. The van der Waals surface area contributed by atoms with Gasteiger partial charge in [-0.05, 0) is 20.8 Å². The average molecular weight is 227 g/mol. The number of amides is 1. The van der Waals surface area contributed by atoms with Crippen molar-refractivity contribution in [3.63, 3.8) is 0 Å². The molecule has 1 aromatic rings. The van der Waals surface area contributed by atoms with Crippen LogP contribution in [0.3, 0.4) is 0 Å². The zero-order valence-corrected chi connectivity index (χ0v) is 10.1. The molecule has 5 heteroatoms. The van der Waals surface area contributed by atoms with Crippen LogP contribution in [-0.4, -0.2) is 23.0 Å². The molecule has 1 amide bonds. The van der Waals surface area contributed by atoms with Crippen LogP contribution in [0.25, 0.3) is 0 Å². The van der Waals surface area contributed by atoms with Crippen molar-refractivity contribution in [1.82, 2.24) is 15.6 Å². The Balaban J connectivity index is 2.20. The molecule has 0 aliphatic rings. The Morgan fingerprint density at radius 1 is 1.53 bits per heavy atom. The molecule has 0 spiro atoms. The molecule has 0 fully saturated rings. The lowest BCUT2D eigenvalue weighted by molar-refractivity contribution is -0.120. The molecule has 1 heterocycles. The predicted octanol–water partition coefficient (Wildman–Crippen LogP) is 1.15. The lowest BCUT2D eigenvalue weighted by Crippen LogP contribution is -2.43. The highest BCUT2D eigenvalue weighted by Crippen LogP contribution is 2.00. The standard InChI is InChI=1S/C10H17N3OS/c1-10(2,3)13-5-9(14)11-4-8-6-15-7-12-8/h6-7,13H,4-5H2,1-3H3,(H,11,14). The number of thiazole rings is 1. The minimum Gasteiger partial charge on any atom is -0.349 e. The summed E-state index contributed by atoms with van der Waals surface area (Å²) in [7, 11) is 0. The first-order valence-corrected chi connectivity index (χ1v) is 5.80.